The lowest BCUT2D eigenvalue weighted by atomic mass is 9.93. The number of hydrogen-bond donors (Lipinski definition) is 1. The average Bonchev–Trinajstić information content (AvgIpc) is 3.19. The molecule has 0 fully saturated rings. The second-order valence-electron chi connectivity index (χ2n) is 13.6. The second kappa shape index (κ2) is 17.7. The Morgan fingerprint density at radius 1 is 0.391 bits per heavy atom. The molecule has 4 rings (SSSR count). The quantitative estimate of drug-likeness (QED) is 0.0922. The fraction of sp³-hybridized carbons (Fsp3) is 0.333. The molecule has 4 aromatic rings. The Bertz CT molecular complexity index is 2370. The SMILES string of the molecule is CC(C)(F)c1c(F)c(F)c(-c2c(F)c(F)c(OCC(F)(F)C(F)(F)C(F)(F)C(F)(F)CO)c(F)c2F)c(F)c1F.CC(C)c1c(F)c(F)c(-c2c(F)c(F)c(F)c(F)c2F)c(F)c1F. The van der Waals surface area contributed by atoms with Gasteiger partial charge in [0.2, 0.25) is 17.5 Å². The van der Waals surface area contributed by atoms with Crippen molar-refractivity contribution in [1.82, 2.24) is 0 Å². The number of halogens is 26. The third-order valence-corrected chi connectivity index (χ3v) is 8.57. The number of ether oxygens (including phenoxy) is 1. The van der Waals surface area contributed by atoms with Crippen LogP contribution in [0.1, 0.15) is 44.7 Å². The van der Waals surface area contributed by atoms with Crippen LogP contribution >= 0.6 is 0 Å². The van der Waals surface area contributed by atoms with E-state index in [9.17, 15) is 114 Å². The van der Waals surface area contributed by atoms with E-state index in [1.807, 2.05) is 0 Å². The molecule has 0 unspecified atom stereocenters. The van der Waals surface area contributed by atoms with Crippen LogP contribution in [0, 0.1) is 98.9 Å². The molecule has 0 aliphatic rings. The first kappa shape index (κ1) is 53.2. The Labute approximate surface area is 338 Å². The van der Waals surface area contributed by atoms with Crippen molar-refractivity contribution in [2.75, 3.05) is 13.2 Å². The van der Waals surface area contributed by atoms with Gasteiger partial charge in [0.05, 0.1) is 27.8 Å². The molecule has 0 amide bonds. The Balaban J connectivity index is 0.000000385. The van der Waals surface area contributed by atoms with E-state index in [-0.39, 0.29) is 0 Å². The van der Waals surface area contributed by atoms with E-state index in [2.05, 4.69) is 4.74 Å². The molecule has 2 nitrogen and oxygen atoms in total. The summed E-state index contributed by atoms with van der Waals surface area (Å²) in [6.45, 7) is -3.39. The smallest absolute Gasteiger partial charge is 0.381 e. The van der Waals surface area contributed by atoms with Gasteiger partial charge in [-0.3, -0.25) is 0 Å². The van der Waals surface area contributed by atoms with Gasteiger partial charge < -0.3 is 9.84 Å². The van der Waals surface area contributed by atoms with Crippen LogP contribution in [-0.2, 0) is 5.67 Å². The fourth-order valence-corrected chi connectivity index (χ4v) is 5.34. The van der Waals surface area contributed by atoms with Crippen molar-refractivity contribution in [2.45, 2.75) is 63.0 Å². The van der Waals surface area contributed by atoms with Crippen molar-refractivity contribution in [3.63, 3.8) is 0 Å². The first-order chi connectivity index (χ1) is 28.8. The number of aliphatic hydroxyl groups excluding tert-OH is 1. The van der Waals surface area contributed by atoms with Crippen molar-refractivity contribution in [2.24, 2.45) is 0 Å². The predicted molar refractivity (Wildman–Crippen MR) is 164 cm³/mol. The van der Waals surface area contributed by atoms with Crippen LogP contribution in [0.5, 0.6) is 5.75 Å². The topological polar surface area (TPSA) is 29.5 Å². The lowest BCUT2D eigenvalue weighted by molar-refractivity contribution is -0.372. The van der Waals surface area contributed by atoms with Gasteiger partial charge in [0, 0.05) is 5.56 Å². The van der Waals surface area contributed by atoms with E-state index in [0.29, 0.717) is 13.8 Å². The summed E-state index contributed by atoms with van der Waals surface area (Å²) in [6, 6.07) is 0. The molecule has 0 aliphatic carbocycles. The number of hydrogen-bond acceptors (Lipinski definition) is 2. The standard InChI is InChI=1S/C21H11F17O2.C15H7F9/c1-17(2,30)7-12(26)8(22)5(9(23)13(7)27)6-10(24)14(28)16(15(29)11(6)25)40-4-19(33,34)21(37,38)20(35,36)18(31,32)3-39;1-3(2)4-7(16)9(18)5(10(19)8(4)17)6-11(20)13(22)15(24)14(23)12(6)21/h39H,3-4H2,1-2H3;3H,1-2H3. The first-order valence-electron chi connectivity index (χ1n) is 16.4. The summed E-state index contributed by atoms with van der Waals surface area (Å²) in [6.07, 6.45) is 0. The lowest BCUT2D eigenvalue weighted by Gasteiger charge is -2.35. The summed E-state index contributed by atoms with van der Waals surface area (Å²) in [5, 5.41) is 8.11. The Hall–Kier alpha value is -5.18. The van der Waals surface area contributed by atoms with Crippen LogP contribution in [-0.4, -0.2) is 42.0 Å². The molecular weight excluding hydrogens is 958 g/mol. The minimum atomic E-state index is -7.16. The number of rotatable bonds is 11. The minimum Gasteiger partial charge on any atom is -0.481 e. The molecule has 4 aromatic carbocycles. The van der Waals surface area contributed by atoms with Gasteiger partial charge in [-0.05, 0) is 19.8 Å². The maximum absolute atomic E-state index is 14.5. The molecule has 0 atom stereocenters. The van der Waals surface area contributed by atoms with Crippen molar-refractivity contribution in [3.8, 4) is 28.0 Å². The van der Waals surface area contributed by atoms with Gasteiger partial charge in [-0.2, -0.15) is 43.9 Å². The van der Waals surface area contributed by atoms with Gasteiger partial charge in [0.25, 0.3) is 0 Å². The molecule has 0 heterocycles. The highest BCUT2D eigenvalue weighted by Crippen LogP contribution is 2.53. The Morgan fingerprint density at radius 2 is 0.656 bits per heavy atom. The molecule has 64 heavy (non-hydrogen) atoms. The largest absolute Gasteiger partial charge is 0.481 e. The monoisotopic (exact) mass is 976 g/mol. The van der Waals surface area contributed by atoms with Gasteiger partial charge >= 0.3 is 23.7 Å². The molecular formula is C36H18F26O2. The Morgan fingerprint density at radius 3 is 0.953 bits per heavy atom. The zero-order valence-electron chi connectivity index (χ0n) is 31.2. The molecule has 0 spiro atoms. The third kappa shape index (κ3) is 8.44. The van der Waals surface area contributed by atoms with Crippen LogP contribution in [0.15, 0.2) is 0 Å². The number of benzene rings is 4. The van der Waals surface area contributed by atoms with Crippen LogP contribution in [0.25, 0.3) is 22.3 Å². The molecule has 0 saturated heterocycles. The summed E-state index contributed by atoms with van der Waals surface area (Å²) in [5.74, 6) is -75.4. The van der Waals surface area contributed by atoms with Gasteiger partial charge in [-0.1, -0.05) is 13.8 Å². The van der Waals surface area contributed by atoms with E-state index in [1.54, 1.807) is 0 Å². The van der Waals surface area contributed by atoms with Crippen molar-refractivity contribution in [1.29, 1.82) is 0 Å². The molecule has 0 saturated carbocycles. The lowest BCUT2D eigenvalue weighted by Crippen LogP contribution is -2.64. The van der Waals surface area contributed by atoms with Crippen molar-refractivity contribution < 1.29 is 124 Å². The number of aliphatic hydroxyl groups is 1. The highest BCUT2D eigenvalue weighted by molar-refractivity contribution is 5.70. The van der Waals surface area contributed by atoms with Crippen molar-refractivity contribution in [3.05, 3.63) is 110 Å². The van der Waals surface area contributed by atoms with Gasteiger partial charge in [0.1, 0.15) is 12.3 Å². The molecule has 0 radical (unpaired) electrons. The zero-order chi connectivity index (χ0) is 50.1. The maximum Gasteiger partial charge on any atom is 0.381 e. The van der Waals surface area contributed by atoms with Gasteiger partial charge in [-0.25, -0.2) is 70.2 Å². The van der Waals surface area contributed by atoms with E-state index in [1.165, 1.54) is 13.8 Å². The normalized spacial score (nSPS) is 12.9. The zero-order valence-corrected chi connectivity index (χ0v) is 31.2. The fourth-order valence-electron chi connectivity index (χ4n) is 5.34. The highest BCUT2D eigenvalue weighted by Gasteiger charge is 2.80. The van der Waals surface area contributed by atoms with Gasteiger partial charge in [-0.15, -0.1) is 0 Å². The first-order valence-corrected chi connectivity index (χ1v) is 16.4. The molecule has 0 bridgehead atoms. The molecule has 0 aromatic heterocycles. The van der Waals surface area contributed by atoms with Crippen LogP contribution < -0.4 is 4.74 Å². The molecule has 0 aliphatic heterocycles. The van der Waals surface area contributed by atoms with Crippen LogP contribution in [0.3, 0.4) is 0 Å². The summed E-state index contributed by atoms with van der Waals surface area (Å²) in [5.41, 5.74) is -15.5. The molecule has 356 valence electrons. The summed E-state index contributed by atoms with van der Waals surface area (Å²) in [4.78, 5) is 0. The summed E-state index contributed by atoms with van der Waals surface area (Å²) in [7, 11) is 0. The summed E-state index contributed by atoms with van der Waals surface area (Å²) >= 11 is 0. The highest BCUT2D eigenvalue weighted by atomic mass is 19.4. The van der Waals surface area contributed by atoms with Crippen molar-refractivity contribution >= 4 is 0 Å². The third-order valence-electron chi connectivity index (χ3n) is 8.57. The molecule has 28 heteroatoms. The van der Waals surface area contributed by atoms with E-state index >= 15 is 0 Å². The minimum absolute atomic E-state index is 0.375. The van der Waals surface area contributed by atoms with Crippen LogP contribution in [0.4, 0.5) is 114 Å². The Kier molecular flexibility index (Phi) is 14.7. The maximum atomic E-state index is 14.5. The van der Waals surface area contributed by atoms with E-state index < -0.39 is 187 Å². The molecule has 1 N–H and O–H groups in total. The second-order valence-corrected chi connectivity index (χ2v) is 13.6. The van der Waals surface area contributed by atoms with Gasteiger partial charge in [0.15, 0.2) is 93.8 Å². The van der Waals surface area contributed by atoms with Crippen LogP contribution in [0.2, 0.25) is 0 Å². The summed E-state index contributed by atoms with van der Waals surface area (Å²) < 4.78 is 362. The average molecular weight is 976 g/mol. The number of alkyl halides is 9. The van der Waals surface area contributed by atoms with E-state index in [4.69, 9.17) is 5.11 Å². The van der Waals surface area contributed by atoms with E-state index in [0.717, 1.165) is 0 Å². The predicted octanol–water partition coefficient (Wildman–Crippen LogP) is 13.3.